The maximum absolute atomic E-state index is 12.1. The Kier molecular flexibility index (Phi) is 10.7. The summed E-state index contributed by atoms with van der Waals surface area (Å²) in [6, 6.07) is 3.28. The molecule has 0 unspecified atom stereocenters. The molecule has 0 saturated carbocycles. The molecule has 0 aliphatic rings. The maximum Gasteiger partial charge on any atom is 0.516 e. The van der Waals surface area contributed by atoms with Gasteiger partial charge < -0.3 is 19.5 Å². The predicted octanol–water partition coefficient (Wildman–Crippen LogP) is 4.32. The number of aromatic hydroxyl groups is 1. The molecule has 142 valence electrons. The molecule has 0 heterocycles. The molecule has 1 aromatic carbocycles. The largest absolute Gasteiger partial charge is 0.516 e. The fraction of sp³-hybridized carbons (Fsp3) is 0.556. The van der Waals surface area contributed by atoms with Crippen molar-refractivity contribution in [3.05, 3.63) is 23.3 Å². The van der Waals surface area contributed by atoms with Gasteiger partial charge in [-0.15, -0.1) is 12.4 Å². The smallest absolute Gasteiger partial charge is 0.507 e. The molecule has 6 nitrogen and oxygen atoms in total. The number of benzene rings is 1. The van der Waals surface area contributed by atoms with Gasteiger partial charge in [-0.3, -0.25) is 0 Å². The Balaban J connectivity index is 0.00000576. The van der Waals surface area contributed by atoms with Crippen LogP contribution in [0.5, 0.6) is 5.75 Å². The van der Waals surface area contributed by atoms with Gasteiger partial charge in [-0.25, -0.2) is 9.59 Å². The second-order valence-corrected chi connectivity index (χ2v) is 5.31. The van der Waals surface area contributed by atoms with E-state index < -0.39 is 12.1 Å². The van der Waals surface area contributed by atoms with Crippen molar-refractivity contribution in [1.29, 1.82) is 0 Å². The number of rotatable bonds is 8. The molecule has 1 aromatic rings. The van der Waals surface area contributed by atoms with Crippen molar-refractivity contribution in [1.82, 2.24) is 0 Å². The zero-order valence-electron chi connectivity index (χ0n) is 15.3. The van der Waals surface area contributed by atoms with Crippen molar-refractivity contribution in [3.63, 3.8) is 0 Å². The van der Waals surface area contributed by atoms with Crippen molar-refractivity contribution in [2.24, 2.45) is 0 Å². The summed E-state index contributed by atoms with van der Waals surface area (Å²) in [6.45, 7) is 9.45. The lowest BCUT2D eigenvalue weighted by molar-refractivity contribution is 0.0399. The monoisotopic (exact) mass is 373 g/mol. The van der Waals surface area contributed by atoms with Gasteiger partial charge in [0.2, 0.25) is 0 Å². The molecule has 0 radical (unpaired) electrons. The minimum atomic E-state index is -1.06. The summed E-state index contributed by atoms with van der Waals surface area (Å²) in [5.41, 5.74) is 1.59. The summed E-state index contributed by atoms with van der Waals surface area (Å²) in [7, 11) is 0. The highest BCUT2D eigenvalue weighted by Gasteiger charge is 2.22. The molecule has 0 aliphatic carbocycles. The van der Waals surface area contributed by atoms with Crippen LogP contribution in [0.1, 0.15) is 56.5 Å². The van der Waals surface area contributed by atoms with Gasteiger partial charge in [-0.05, 0) is 45.7 Å². The summed E-state index contributed by atoms with van der Waals surface area (Å²) < 4.78 is 9.19. The van der Waals surface area contributed by atoms with E-state index in [2.05, 4.69) is 21.3 Å². The van der Waals surface area contributed by atoms with E-state index in [-0.39, 0.29) is 30.3 Å². The number of halogens is 1. The second-order valence-electron chi connectivity index (χ2n) is 5.31. The van der Waals surface area contributed by atoms with Gasteiger partial charge in [0.05, 0.1) is 6.61 Å². The number of anilines is 1. The SMILES string of the molecule is CCCCc1c(N(CC)CC)ccc(C(=O)OC(=O)OCC)c1O.Cl. The highest BCUT2D eigenvalue weighted by atomic mass is 35.5. The van der Waals surface area contributed by atoms with Crippen LogP contribution in [0.3, 0.4) is 0 Å². The first-order valence-electron chi connectivity index (χ1n) is 8.48. The van der Waals surface area contributed by atoms with Crippen LogP contribution in [0, 0.1) is 0 Å². The fourth-order valence-electron chi connectivity index (χ4n) is 2.53. The van der Waals surface area contributed by atoms with Crippen LogP contribution >= 0.6 is 12.4 Å². The zero-order chi connectivity index (χ0) is 18.1. The van der Waals surface area contributed by atoms with E-state index in [4.69, 9.17) is 0 Å². The standard InChI is InChI=1S/C18H27NO5.ClH/c1-5-9-10-13-15(19(6-2)7-3)12-11-14(16(13)20)17(21)24-18(22)23-8-4;/h11-12,20H,5-10H2,1-4H3;1H. The Bertz CT molecular complexity index is 573. The Hall–Kier alpha value is -1.95. The van der Waals surface area contributed by atoms with Crippen molar-refractivity contribution >= 4 is 30.2 Å². The van der Waals surface area contributed by atoms with E-state index in [1.54, 1.807) is 13.0 Å². The zero-order valence-corrected chi connectivity index (χ0v) is 16.1. The van der Waals surface area contributed by atoms with E-state index in [1.165, 1.54) is 6.07 Å². The van der Waals surface area contributed by atoms with E-state index in [1.807, 2.05) is 13.8 Å². The molecule has 25 heavy (non-hydrogen) atoms. The summed E-state index contributed by atoms with van der Waals surface area (Å²) >= 11 is 0. The summed E-state index contributed by atoms with van der Waals surface area (Å²) in [4.78, 5) is 25.5. The second kappa shape index (κ2) is 11.6. The lowest BCUT2D eigenvalue weighted by Crippen LogP contribution is -2.23. The lowest BCUT2D eigenvalue weighted by atomic mass is 10.00. The van der Waals surface area contributed by atoms with Gasteiger partial charge in [0.25, 0.3) is 0 Å². The predicted molar refractivity (Wildman–Crippen MR) is 100.0 cm³/mol. The van der Waals surface area contributed by atoms with Crippen LogP contribution in [0.4, 0.5) is 10.5 Å². The lowest BCUT2D eigenvalue weighted by Gasteiger charge is -2.25. The van der Waals surface area contributed by atoms with Crippen LogP contribution in [0.2, 0.25) is 0 Å². The van der Waals surface area contributed by atoms with E-state index in [0.717, 1.165) is 31.6 Å². The molecule has 1 N–H and O–H groups in total. The minimum Gasteiger partial charge on any atom is -0.507 e. The number of nitrogens with zero attached hydrogens (tertiary/aromatic N) is 1. The van der Waals surface area contributed by atoms with Gasteiger partial charge in [0.1, 0.15) is 11.3 Å². The number of unbranched alkanes of at least 4 members (excludes halogenated alkanes) is 1. The minimum absolute atomic E-state index is 0. The highest BCUT2D eigenvalue weighted by molar-refractivity contribution is 5.98. The highest BCUT2D eigenvalue weighted by Crippen LogP contribution is 2.34. The third kappa shape index (κ3) is 6.12. The topological polar surface area (TPSA) is 76.1 Å². The van der Waals surface area contributed by atoms with Crippen LogP contribution in [0.15, 0.2) is 12.1 Å². The molecular formula is C18H28ClNO5. The van der Waals surface area contributed by atoms with Crippen molar-refractivity contribution in [3.8, 4) is 5.75 Å². The molecule has 7 heteroatoms. The number of hydrogen-bond acceptors (Lipinski definition) is 6. The number of hydrogen-bond donors (Lipinski definition) is 1. The molecule has 0 atom stereocenters. The Labute approximate surface area is 155 Å². The Morgan fingerprint density at radius 3 is 2.28 bits per heavy atom. The molecule has 0 aliphatic heterocycles. The molecule has 0 aromatic heterocycles. The Morgan fingerprint density at radius 2 is 1.76 bits per heavy atom. The molecular weight excluding hydrogens is 346 g/mol. The third-order valence-electron chi connectivity index (χ3n) is 3.80. The number of phenolic OH excluding ortho intramolecular Hbond substituents is 1. The van der Waals surface area contributed by atoms with Gasteiger partial charge in [0.15, 0.2) is 0 Å². The van der Waals surface area contributed by atoms with E-state index in [0.29, 0.717) is 12.0 Å². The van der Waals surface area contributed by atoms with Crippen molar-refractivity contribution in [2.75, 3.05) is 24.6 Å². The fourth-order valence-corrected chi connectivity index (χ4v) is 2.53. The summed E-state index contributed by atoms with van der Waals surface area (Å²) in [6.07, 6.45) is 1.44. The number of carbonyl (C=O) groups excluding carboxylic acids is 2. The first-order chi connectivity index (χ1) is 11.5. The molecule has 0 spiro atoms. The first-order valence-corrected chi connectivity index (χ1v) is 8.48. The van der Waals surface area contributed by atoms with Gasteiger partial charge in [-0.2, -0.15) is 0 Å². The van der Waals surface area contributed by atoms with Crippen molar-refractivity contribution < 1.29 is 24.2 Å². The van der Waals surface area contributed by atoms with Crippen LogP contribution in [-0.2, 0) is 15.9 Å². The van der Waals surface area contributed by atoms with Gasteiger partial charge >= 0.3 is 12.1 Å². The Morgan fingerprint density at radius 1 is 1.12 bits per heavy atom. The average Bonchev–Trinajstić information content (AvgIpc) is 2.55. The first kappa shape index (κ1) is 23.1. The van der Waals surface area contributed by atoms with E-state index >= 15 is 0 Å². The number of carbonyl (C=O) groups is 2. The van der Waals surface area contributed by atoms with E-state index in [9.17, 15) is 14.7 Å². The van der Waals surface area contributed by atoms with Crippen LogP contribution < -0.4 is 4.90 Å². The summed E-state index contributed by atoms with van der Waals surface area (Å²) in [5, 5.41) is 10.6. The molecule has 0 amide bonds. The van der Waals surface area contributed by atoms with Gasteiger partial charge in [0, 0.05) is 24.3 Å². The van der Waals surface area contributed by atoms with Crippen LogP contribution in [-0.4, -0.2) is 36.9 Å². The molecule has 1 rings (SSSR count). The quantitative estimate of drug-likeness (QED) is 0.540. The number of phenols is 1. The third-order valence-corrected chi connectivity index (χ3v) is 3.80. The molecule has 0 saturated heterocycles. The molecule has 0 bridgehead atoms. The average molecular weight is 374 g/mol. The van der Waals surface area contributed by atoms with Crippen molar-refractivity contribution in [2.45, 2.75) is 47.0 Å². The number of ether oxygens (including phenoxy) is 2. The number of esters is 1. The normalized spacial score (nSPS) is 9.92. The molecule has 0 fully saturated rings. The maximum atomic E-state index is 12.1. The summed E-state index contributed by atoms with van der Waals surface area (Å²) in [5.74, 6) is -1.03. The van der Waals surface area contributed by atoms with Gasteiger partial charge in [-0.1, -0.05) is 13.3 Å². The van der Waals surface area contributed by atoms with Crippen LogP contribution in [0.25, 0.3) is 0 Å².